The van der Waals surface area contributed by atoms with Crippen molar-refractivity contribution in [1.82, 2.24) is 14.7 Å². The first kappa shape index (κ1) is 9.52. The summed E-state index contributed by atoms with van der Waals surface area (Å²) in [6, 6.07) is 0.442. The fourth-order valence-electron chi connectivity index (χ4n) is 2.05. The quantitative estimate of drug-likeness (QED) is 0.773. The summed E-state index contributed by atoms with van der Waals surface area (Å²) < 4.78 is 2.13. The maximum absolute atomic E-state index is 4.56. The molecule has 1 aliphatic rings. The summed E-state index contributed by atoms with van der Waals surface area (Å²) in [7, 11) is 4.08. The first-order chi connectivity index (χ1) is 6.63. The third-order valence-electron chi connectivity index (χ3n) is 2.69. The van der Waals surface area contributed by atoms with E-state index in [1.165, 1.54) is 11.3 Å². The fraction of sp³-hybridized carbons (Fsp3) is 0.700. The highest BCUT2D eigenvalue weighted by atomic mass is 15.4. The standard InChI is InChI=1S/C10H18N4/c1-7(2)14-9-6-13(4)5-8(9)10(11-3)12-14/h7H,5-6H2,1-4H3,(H,11,12). The van der Waals surface area contributed by atoms with Crippen molar-refractivity contribution in [3.63, 3.8) is 0 Å². The van der Waals surface area contributed by atoms with E-state index in [2.05, 4.69) is 40.9 Å². The molecule has 0 spiro atoms. The number of rotatable bonds is 2. The second-order valence-corrected chi connectivity index (χ2v) is 4.23. The smallest absolute Gasteiger partial charge is 0.152 e. The van der Waals surface area contributed by atoms with Gasteiger partial charge in [-0.15, -0.1) is 0 Å². The minimum absolute atomic E-state index is 0.442. The van der Waals surface area contributed by atoms with Crippen LogP contribution in [0.3, 0.4) is 0 Å². The molecule has 0 amide bonds. The van der Waals surface area contributed by atoms with E-state index in [0.29, 0.717) is 6.04 Å². The molecule has 4 heteroatoms. The van der Waals surface area contributed by atoms with E-state index < -0.39 is 0 Å². The average Bonchev–Trinajstić information content (AvgIpc) is 2.60. The number of aromatic nitrogens is 2. The highest BCUT2D eigenvalue weighted by molar-refractivity contribution is 5.48. The van der Waals surface area contributed by atoms with Crippen molar-refractivity contribution in [3.8, 4) is 0 Å². The average molecular weight is 194 g/mol. The maximum Gasteiger partial charge on any atom is 0.152 e. The predicted octanol–water partition coefficient (Wildman–Crippen LogP) is 1.45. The van der Waals surface area contributed by atoms with Gasteiger partial charge in [0.25, 0.3) is 0 Å². The van der Waals surface area contributed by atoms with Crippen LogP contribution in [0.2, 0.25) is 0 Å². The Labute approximate surface area is 84.9 Å². The summed E-state index contributed by atoms with van der Waals surface area (Å²) in [5, 5.41) is 7.73. The fourth-order valence-corrected chi connectivity index (χ4v) is 2.05. The van der Waals surface area contributed by atoms with E-state index in [-0.39, 0.29) is 0 Å². The van der Waals surface area contributed by atoms with Crippen molar-refractivity contribution in [2.24, 2.45) is 0 Å². The van der Waals surface area contributed by atoms with Gasteiger partial charge in [0.1, 0.15) is 0 Å². The monoisotopic (exact) mass is 194 g/mol. The Hall–Kier alpha value is -1.03. The summed E-state index contributed by atoms with van der Waals surface area (Å²) in [6.45, 7) is 6.37. The van der Waals surface area contributed by atoms with Gasteiger partial charge in [-0.2, -0.15) is 5.10 Å². The van der Waals surface area contributed by atoms with Crippen LogP contribution in [0, 0.1) is 0 Å². The summed E-state index contributed by atoms with van der Waals surface area (Å²) in [5.41, 5.74) is 2.73. The largest absolute Gasteiger partial charge is 0.371 e. The molecule has 1 aliphatic heterocycles. The van der Waals surface area contributed by atoms with Gasteiger partial charge in [0.2, 0.25) is 0 Å². The van der Waals surface area contributed by atoms with Crippen LogP contribution in [-0.2, 0) is 13.1 Å². The Balaban J connectivity index is 2.45. The van der Waals surface area contributed by atoms with Gasteiger partial charge in [0, 0.05) is 31.7 Å². The molecule has 2 rings (SSSR count). The molecule has 1 aromatic heterocycles. The molecule has 0 fully saturated rings. The van der Waals surface area contributed by atoms with E-state index in [9.17, 15) is 0 Å². The molecular weight excluding hydrogens is 176 g/mol. The van der Waals surface area contributed by atoms with Gasteiger partial charge in [-0.05, 0) is 20.9 Å². The minimum Gasteiger partial charge on any atom is -0.371 e. The lowest BCUT2D eigenvalue weighted by atomic mass is 10.2. The van der Waals surface area contributed by atoms with Crippen LogP contribution < -0.4 is 5.32 Å². The molecular formula is C10H18N4. The van der Waals surface area contributed by atoms with Crippen LogP contribution in [0.25, 0.3) is 0 Å². The topological polar surface area (TPSA) is 33.1 Å². The Kier molecular flexibility index (Phi) is 2.23. The number of nitrogens with zero attached hydrogens (tertiary/aromatic N) is 3. The van der Waals surface area contributed by atoms with Crippen LogP contribution in [0.5, 0.6) is 0 Å². The summed E-state index contributed by atoms with van der Waals surface area (Å²) in [5.74, 6) is 1.04. The first-order valence-electron chi connectivity index (χ1n) is 5.10. The minimum atomic E-state index is 0.442. The van der Waals surface area contributed by atoms with E-state index in [1.54, 1.807) is 0 Å². The van der Waals surface area contributed by atoms with Gasteiger partial charge in [-0.3, -0.25) is 9.58 Å². The molecule has 1 aromatic rings. The van der Waals surface area contributed by atoms with Crippen molar-refractivity contribution in [2.75, 3.05) is 19.4 Å². The van der Waals surface area contributed by atoms with Gasteiger partial charge in [0.15, 0.2) is 5.82 Å². The maximum atomic E-state index is 4.56. The van der Waals surface area contributed by atoms with Crippen molar-refractivity contribution < 1.29 is 0 Å². The van der Waals surface area contributed by atoms with Gasteiger partial charge < -0.3 is 5.32 Å². The zero-order valence-corrected chi connectivity index (χ0v) is 9.33. The van der Waals surface area contributed by atoms with Crippen molar-refractivity contribution in [1.29, 1.82) is 0 Å². The lowest BCUT2D eigenvalue weighted by molar-refractivity contribution is 0.338. The second-order valence-electron chi connectivity index (χ2n) is 4.23. The molecule has 0 bridgehead atoms. The molecule has 0 saturated carbocycles. The van der Waals surface area contributed by atoms with Crippen LogP contribution in [0.1, 0.15) is 31.1 Å². The van der Waals surface area contributed by atoms with Crippen LogP contribution in [0.15, 0.2) is 0 Å². The first-order valence-corrected chi connectivity index (χ1v) is 5.10. The lowest BCUT2D eigenvalue weighted by Crippen LogP contribution is -2.14. The molecule has 2 heterocycles. The van der Waals surface area contributed by atoms with E-state index in [1.807, 2.05) is 7.05 Å². The normalized spacial score (nSPS) is 16.4. The van der Waals surface area contributed by atoms with Crippen LogP contribution in [0.4, 0.5) is 5.82 Å². The Morgan fingerprint density at radius 1 is 1.36 bits per heavy atom. The highest BCUT2D eigenvalue weighted by Gasteiger charge is 2.25. The van der Waals surface area contributed by atoms with Crippen molar-refractivity contribution >= 4 is 5.82 Å². The zero-order chi connectivity index (χ0) is 10.3. The van der Waals surface area contributed by atoms with Crippen LogP contribution >= 0.6 is 0 Å². The molecule has 1 N–H and O–H groups in total. The van der Waals surface area contributed by atoms with Gasteiger partial charge in [-0.1, -0.05) is 0 Å². The van der Waals surface area contributed by atoms with Crippen LogP contribution in [-0.4, -0.2) is 28.8 Å². The molecule has 0 radical (unpaired) electrons. The molecule has 78 valence electrons. The predicted molar refractivity (Wildman–Crippen MR) is 57.3 cm³/mol. The van der Waals surface area contributed by atoms with E-state index in [0.717, 1.165) is 18.9 Å². The van der Waals surface area contributed by atoms with Gasteiger partial charge in [-0.25, -0.2) is 0 Å². The second kappa shape index (κ2) is 3.28. The third kappa shape index (κ3) is 1.30. The summed E-state index contributed by atoms with van der Waals surface area (Å²) >= 11 is 0. The molecule has 0 aromatic carbocycles. The molecule has 14 heavy (non-hydrogen) atoms. The van der Waals surface area contributed by atoms with Gasteiger partial charge >= 0.3 is 0 Å². The molecule has 0 atom stereocenters. The number of hydrogen-bond donors (Lipinski definition) is 1. The third-order valence-corrected chi connectivity index (χ3v) is 2.69. The zero-order valence-electron chi connectivity index (χ0n) is 9.33. The molecule has 0 aliphatic carbocycles. The Morgan fingerprint density at radius 3 is 2.64 bits per heavy atom. The molecule has 0 saturated heterocycles. The lowest BCUT2D eigenvalue weighted by Gasteiger charge is -2.11. The number of nitrogens with one attached hydrogen (secondary N) is 1. The Morgan fingerprint density at radius 2 is 2.07 bits per heavy atom. The number of hydrogen-bond acceptors (Lipinski definition) is 3. The highest BCUT2D eigenvalue weighted by Crippen LogP contribution is 2.29. The molecule has 4 nitrogen and oxygen atoms in total. The number of fused-ring (bicyclic) bond motifs is 1. The van der Waals surface area contributed by atoms with E-state index >= 15 is 0 Å². The van der Waals surface area contributed by atoms with Gasteiger partial charge in [0.05, 0.1) is 5.69 Å². The summed E-state index contributed by atoms with van der Waals surface area (Å²) in [6.07, 6.45) is 0. The van der Waals surface area contributed by atoms with Crippen molar-refractivity contribution in [3.05, 3.63) is 11.3 Å². The van der Waals surface area contributed by atoms with E-state index in [4.69, 9.17) is 0 Å². The van der Waals surface area contributed by atoms with Crippen molar-refractivity contribution in [2.45, 2.75) is 33.0 Å². The molecule has 0 unspecified atom stereocenters. The SMILES string of the molecule is CNc1nn(C(C)C)c2c1CN(C)C2. The summed E-state index contributed by atoms with van der Waals surface area (Å²) in [4.78, 5) is 2.31. The number of anilines is 1. The Bertz CT molecular complexity index is 340.